The predicted octanol–water partition coefficient (Wildman–Crippen LogP) is 3.69. The monoisotopic (exact) mass is 357 g/mol. The third-order valence-electron chi connectivity index (χ3n) is 4.27. The van der Waals surface area contributed by atoms with Gasteiger partial charge in [-0.05, 0) is 0 Å². The van der Waals surface area contributed by atoms with Crippen molar-refractivity contribution in [1.29, 1.82) is 0 Å². The van der Waals surface area contributed by atoms with Crippen LogP contribution in [-0.2, 0) is 11.3 Å². The van der Waals surface area contributed by atoms with Gasteiger partial charge in [0.25, 0.3) is 0 Å². The Hall–Kier alpha value is -1.70. The van der Waals surface area contributed by atoms with E-state index in [-0.39, 0.29) is 0 Å². The van der Waals surface area contributed by atoms with Gasteiger partial charge in [-0.1, -0.05) is 0 Å². The van der Waals surface area contributed by atoms with E-state index in [0.717, 1.165) is 21.5 Å². The van der Waals surface area contributed by atoms with Gasteiger partial charge in [0, 0.05) is 0 Å². The summed E-state index contributed by atoms with van der Waals surface area (Å²) in [6, 6.07) is 28.0. The molecule has 2 nitrogen and oxygen atoms in total. The third-order valence-corrected chi connectivity index (χ3v) is 9.95. The van der Waals surface area contributed by atoms with Gasteiger partial charge >= 0.3 is 148 Å². The molecule has 124 valence electrons. The minimum absolute atomic E-state index is 0.569. The molecule has 0 aliphatic carbocycles. The Morgan fingerprint density at radius 3 is 1.58 bits per heavy atom. The van der Waals surface area contributed by atoms with Gasteiger partial charge in [-0.15, -0.1) is 0 Å². The van der Waals surface area contributed by atoms with Crippen molar-refractivity contribution in [3.05, 3.63) is 90.5 Å². The van der Waals surface area contributed by atoms with Crippen molar-refractivity contribution in [2.45, 2.75) is 6.61 Å². The molecule has 0 amide bonds. The number of rotatable bonds is 5. The molecule has 3 aromatic rings. The molecule has 3 rings (SSSR count). The molecule has 0 saturated carbocycles. The van der Waals surface area contributed by atoms with Crippen LogP contribution in [0.3, 0.4) is 0 Å². The number of nitrogens with two attached hydrogens (primary N) is 1. The van der Waals surface area contributed by atoms with Crippen LogP contribution >= 0.6 is 17.3 Å². The number of methoxy groups -OCH3 is 1. The van der Waals surface area contributed by atoms with E-state index in [0.29, 0.717) is 6.61 Å². The van der Waals surface area contributed by atoms with E-state index >= 15 is 0 Å². The van der Waals surface area contributed by atoms with Crippen LogP contribution in [0.1, 0.15) is 5.56 Å². The topological polar surface area (TPSA) is 35.2 Å². The van der Waals surface area contributed by atoms with Crippen LogP contribution in [0.4, 0.5) is 0 Å². The Labute approximate surface area is 148 Å². The van der Waals surface area contributed by atoms with Gasteiger partial charge in [-0.3, -0.25) is 0 Å². The second-order valence-electron chi connectivity index (χ2n) is 5.84. The van der Waals surface area contributed by atoms with Crippen LogP contribution in [-0.4, -0.2) is 7.11 Å². The Bertz CT molecular complexity index is 761. The first-order chi connectivity index (χ1) is 11.6. The van der Waals surface area contributed by atoms with Gasteiger partial charge in [0.05, 0.1) is 0 Å². The zero-order chi connectivity index (χ0) is 17.1. The van der Waals surface area contributed by atoms with Gasteiger partial charge in [-0.2, -0.15) is 0 Å². The van der Waals surface area contributed by atoms with E-state index in [1.54, 1.807) is 7.11 Å². The van der Waals surface area contributed by atoms with Crippen molar-refractivity contribution in [1.82, 2.24) is 0 Å². The summed E-state index contributed by atoms with van der Waals surface area (Å²) in [6.07, 6.45) is -3.49. The molecule has 4 heteroatoms. The molecule has 24 heavy (non-hydrogen) atoms. The minimum atomic E-state index is -3.49. The summed E-state index contributed by atoms with van der Waals surface area (Å²) in [5, 5.41) is 2.85. The summed E-state index contributed by atoms with van der Waals surface area (Å²) >= 11 is 7.38. The summed E-state index contributed by atoms with van der Waals surface area (Å²) in [5.41, 5.74) is 8.19. The van der Waals surface area contributed by atoms with Crippen LogP contribution in [0.5, 0.6) is 0 Å². The first kappa shape index (κ1) is 17.1. The average molecular weight is 358 g/mol. The summed E-state index contributed by atoms with van der Waals surface area (Å²) in [6.45, 7) is 0.569. The average Bonchev–Trinajstić information content (AvgIpc) is 2.64. The Morgan fingerprint density at radius 1 is 0.750 bits per heavy atom. The van der Waals surface area contributed by atoms with Crippen LogP contribution in [0.15, 0.2) is 84.9 Å². The summed E-state index contributed by atoms with van der Waals surface area (Å²) in [5.74, 6) is 0. The van der Waals surface area contributed by atoms with Crippen molar-refractivity contribution in [2.24, 2.45) is 5.50 Å². The first-order valence-electron chi connectivity index (χ1n) is 7.79. The van der Waals surface area contributed by atoms with Gasteiger partial charge in [0.1, 0.15) is 0 Å². The standard InChI is InChI=1S/C20H21ClNOP/c1-23-16-17-12-14-20(15-13-17)24(21,22,18-8-4-2-5-9-18)19-10-6-3-7-11-19/h2-15H,16,22H2,1H3. The van der Waals surface area contributed by atoms with E-state index in [2.05, 4.69) is 0 Å². The van der Waals surface area contributed by atoms with Gasteiger partial charge in [0.15, 0.2) is 0 Å². The van der Waals surface area contributed by atoms with Crippen LogP contribution in [0, 0.1) is 0 Å². The molecule has 0 saturated heterocycles. The van der Waals surface area contributed by atoms with E-state index in [1.165, 1.54) is 0 Å². The second-order valence-corrected chi connectivity index (χ2v) is 11.6. The number of hydrogen-bond acceptors (Lipinski definition) is 2. The van der Waals surface area contributed by atoms with Crippen LogP contribution in [0.2, 0.25) is 0 Å². The molecule has 3 aromatic carbocycles. The van der Waals surface area contributed by atoms with Gasteiger partial charge in [0.2, 0.25) is 0 Å². The van der Waals surface area contributed by atoms with E-state index < -0.39 is 6.11 Å². The van der Waals surface area contributed by atoms with Gasteiger partial charge < -0.3 is 0 Å². The van der Waals surface area contributed by atoms with Crippen molar-refractivity contribution in [2.75, 3.05) is 7.11 Å². The Kier molecular flexibility index (Phi) is 4.76. The SMILES string of the molecule is COCc1ccc(P(N)(Cl)(c2ccccc2)c2ccccc2)cc1. The quantitative estimate of drug-likeness (QED) is 0.707. The van der Waals surface area contributed by atoms with E-state index in [9.17, 15) is 0 Å². The molecule has 0 aliphatic rings. The molecule has 0 fully saturated rings. The Balaban J connectivity index is 2.23. The van der Waals surface area contributed by atoms with E-state index in [1.807, 2.05) is 84.9 Å². The zero-order valence-electron chi connectivity index (χ0n) is 13.6. The molecule has 0 heterocycles. The maximum atomic E-state index is 7.38. The molecule has 0 unspecified atom stereocenters. The number of hydrogen-bond donors (Lipinski definition) is 1. The van der Waals surface area contributed by atoms with Crippen molar-refractivity contribution in [3.8, 4) is 0 Å². The number of halogens is 1. The molecule has 0 atom stereocenters. The number of benzene rings is 3. The first-order valence-corrected chi connectivity index (χ1v) is 11.0. The predicted molar refractivity (Wildman–Crippen MR) is 106 cm³/mol. The fourth-order valence-electron chi connectivity index (χ4n) is 2.94. The summed E-state index contributed by atoms with van der Waals surface area (Å²) < 4.78 is 5.19. The zero-order valence-corrected chi connectivity index (χ0v) is 15.3. The van der Waals surface area contributed by atoms with Crippen LogP contribution in [0.25, 0.3) is 0 Å². The van der Waals surface area contributed by atoms with Crippen molar-refractivity contribution >= 4 is 33.3 Å². The molecule has 2 N–H and O–H groups in total. The summed E-state index contributed by atoms with van der Waals surface area (Å²) in [7, 11) is 1.69. The Morgan fingerprint density at radius 2 is 1.17 bits per heavy atom. The molecular formula is C20H21ClNOP. The van der Waals surface area contributed by atoms with E-state index in [4.69, 9.17) is 21.5 Å². The van der Waals surface area contributed by atoms with Crippen LogP contribution < -0.4 is 21.4 Å². The molecule has 0 aliphatic heterocycles. The maximum absolute atomic E-state index is 7.38. The molecule has 0 radical (unpaired) electrons. The molecule has 0 aromatic heterocycles. The molecule has 0 spiro atoms. The van der Waals surface area contributed by atoms with Gasteiger partial charge in [-0.25, -0.2) is 0 Å². The normalized spacial score (nSPS) is 13.2. The molecule has 0 bridgehead atoms. The third kappa shape index (κ3) is 2.87. The fraction of sp³-hybridized carbons (Fsp3) is 0.100. The fourth-order valence-corrected chi connectivity index (χ4v) is 7.09. The summed E-state index contributed by atoms with van der Waals surface area (Å²) in [4.78, 5) is 0. The molecular weight excluding hydrogens is 337 g/mol. The second kappa shape index (κ2) is 6.66. The van der Waals surface area contributed by atoms with Crippen molar-refractivity contribution < 1.29 is 4.74 Å². The van der Waals surface area contributed by atoms with Crippen molar-refractivity contribution in [3.63, 3.8) is 0 Å². The number of ether oxygens (including phenoxy) is 1.